The van der Waals surface area contributed by atoms with Crippen molar-refractivity contribution in [2.45, 2.75) is 26.9 Å². The fraction of sp³-hybridized carbons (Fsp3) is 0.368. The summed E-state index contributed by atoms with van der Waals surface area (Å²) in [5.74, 6) is 2.22. The summed E-state index contributed by atoms with van der Waals surface area (Å²) < 4.78 is 10.9. The highest BCUT2D eigenvalue weighted by atomic mass is 16.5. The Balaban J connectivity index is 2.03. The molecule has 2 aromatic rings. The number of nitrogens with zero attached hydrogens (tertiary/aromatic N) is 2. The van der Waals surface area contributed by atoms with Gasteiger partial charge >= 0.3 is 0 Å². The average Bonchev–Trinajstić information content (AvgIpc) is 2.65. The van der Waals surface area contributed by atoms with Crippen molar-refractivity contribution in [3.8, 4) is 11.5 Å². The molecule has 0 bridgehead atoms. The predicted octanol–water partition coefficient (Wildman–Crippen LogP) is 2.74. The van der Waals surface area contributed by atoms with Crippen LogP contribution in [0.25, 0.3) is 0 Å². The lowest BCUT2D eigenvalue weighted by Gasteiger charge is -2.12. The SMILES string of the molecule is CCNC(=NCc1ccc(OC)c(OCC)c1)NCc1ccccn1. The number of nitrogens with one attached hydrogen (secondary N) is 2. The van der Waals surface area contributed by atoms with Crippen LogP contribution in [0.3, 0.4) is 0 Å². The second-order valence-corrected chi connectivity index (χ2v) is 5.29. The summed E-state index contributed by atoms with van der Waals surface area (Å²) >= 11 is 0. The molecule has 1 heterocycles. The van der Waals surface area contributed by atoms with Gasteiger partial charge < -0.3 is 20.1 Å². The Morgan fingerprint density at radius 2 is 2.00 bits per heavy atom. The number of rotatable bonds is 8. The van der Waals surface area contributed by atoms with E-state index < -0.39 is 0 Å². The maximum Gasteiger partial charge on any atom is 0.191 e. The van der Waals surface area contributed by atoms with E-state index in [1.165, 1.54) is 0 Å². The molecule has 0 spiro atoms. The molecule has 0 atom stereocenters. The van der Waals surface area contributed by atoms with Crippen LogP contribution in [-0.4, -0.2) is 31.2 Å². The summed E-state index contributed by atoms with van der Waals surface area (Å²) in [7, 11) is 1.64. The van der Waals surface area contributed by atoms with E-state index >= 15 is 0 Å². The third-order valence-corrected chi connectivity index (χ3v) is 3.45. The number of hydrogen-bond acceptors (Lipinski definition) is 4. The third kappa shape index (κ3) is 5.99. The first-order valence-corrected chi connectivity index (χ1v) is 8.48. The summed E-state index contributed by atoms with van der Waals surface area (Å²) in [6.45, 7) is 6.55. The van der Waals surface area contributed by atoms with Crippen molar-refractivity contribution in [2.24, 2.45) is 4.99 Å². The number of ether oxygens (including phenoxy) is 2. The molecule has 0 amide bonds. The average molecular weight is 342 g/mol. The second kappa shape index (κ2) is 10.2. The molecular weight excluding hydrogens is 316 g/mol. The van der Waals surface area contributed by atoms with Gasteiger partial charge in [0.2, 0.25) is 0 Å². The van der Waals surface area contributed by atoms with Crippen LogP contribution in [-0.2, 0) is 13.1 Å². The van der Waals surface area contributed by atoms with E-state index in [0.29, 0.717) is 19.7 Å². The van der Waals surface area contributed by atoms with Gasteiger partial charge in [0.05, 0.1) is 32.5 Å². The smallest absolute Gasteiger partial charge is 0.191 e. The molecule has 6 heteroatoms. The molecule has 0 unspecified atom stereocenters. The Kier molecular flexibility index (Phi) is 7.56. The molecule has 2 N–H and O–H groups in total. The van der Waals surface area contributed by atoms with Gasteiger partial charge in [-0.15, -0.1) is 0 Å². The van der Waals surface area contributed by atoms with Crippen molar-refractivity contribution in [2.75, 3.05) is 20.3 Å². The quantitative estimate of drug-likeness (QED) is 0.570. The van der Waals surface area contributed by atoms with Gasteiger partial charge in [-0.05, 0) is 43.7 Å². The zero-order valence-corrected chi connectivity index (χ0v) is 15.1. The van der Waals surface area contributed by atoms with E-state index in [1.54, 1.807) is 13.3 Å². The molecule has 0 saturated heterocycles. The molecule has 0 aliphatic rings. The molecule has 0 aliphatic heterocycles. The highest BCUT2D eigenvalue weighted by Gasteiger charge is 2.05. The number of guanidine groups is 1. The van der Waals surface area contributed by atoms with Gasteiger partial charge in [-0.25, -0.2) is 4.99 Å². The Bertz CT molecular complexity index is 674. The zero-order chi connectivity index (χ0) is 17.9. The molecule has 0 radical (unpaired) electrons. The molecule has 25 heavy (non-hydrogen) atoms. The minimum absolute atomic E-state index is 0.543. The first-order chi connectivity index (χ1) is 12.3. The summed E-state index contributed by atoms with van der Waals surface area (Å²) in [6.07, 6.45) is 1.79. The van der Waals surface area contributed by atoms with Gasteiger partial charge in [-0.3, -0.25) is 4.98 Å². The molecular formula is C19H26N4O2. The van der Waals surface area contributed by atoms with E-state index in [9.17, 15) is 0 Å². The lowest BCUT2D eigenvalue weighted by Crippen LogP contribution is -2.37. The van der Waals surface area contributed by atoms with Crippen LogP contribution in [0.5, 0.6) is 11.5 Å². The maximum absolute atomic E-state index is 5.62. The number of methoxy groups -OCH3 is 1. The highest BCUT2D eigenvalue weighted by molar-refractivity contribution is 5.79. The van der Waals surface area contributed by atoms with Crippen LogP contribution >= 0.6 is 0 Å². The Morgan fingerprint density at radius 3 is 2.68 bits per heavy atom. The van der Waals surface area contributed by atoms with Crippen molar-refractivity contribution >= 4 is 5.96 Å². The van der Waals surface area contributed by atoms with Crippen molar-refractivity contribution in [1.29, 1.82) is 0 Å². The first-order valence-electron chi connectivity index (χ1n) is 8.48. The first kappa shape index (κ1) is 18.6. The molecule has 1 aromatic heterocycles. The molecule has 1 aromatic carbocycles. The third-order valence-electron chi connectivity index (χ3n) is 3.45. The fourth-order valence-electron chi connectivity index (χ4n) is 2.28. The van der Waals surface area contributed by atoms with E-state index in [2.05, 4.69) is 20.6 Å². The topological polar surface area (TPSA) is 67.8 Å². The summed E-state index contributed by atoms with van der Waals surface area (Å²) in [4.78, 5) is 8.93. The molecule has 6 nitrogen and oxygen atoms in total. The van der Waals surface area contributed by atoms with Crippen molar-refractivity contribution < 1.29 is 9.47 Å². The monoisotopic (exact) mass is 342 g/mol. The van der Waals surface area contributed by atoms with Gasteiger partial charge in [-0.2, -0.15) is 0 Å². The van der Waals surface area contributed by atoms with Crippen molar-refractivity contribution in [1.82, 2.24) is 15.6 Å². The Morgan fingerprint density at radius 1 is 1.12 bits per heavy atom. The number of pyridine rings is 1. The number of hydrogen-bond donors (Lipinski definition) is 2. The van der Waals surface area contributed by atoms with Crippen LogP contribution < -0.4 is 20.1 Å². The normalized spacial score (nSPS) is 11.1. The molecule has 2 rings (SSSR count). The predicted molar refractivity (Wildman–Crippen MR) is 100 cm³/mol. The second-order valence-electron chi connectivity index (χ2n) is 5.29. The lowest BCUT2D eigenvalue weighted by molar-refractivity contribution is 0.310. The summed E-state index contributed by atoms with van der Waals surface area (Å²) in [5.41, 5.74) is 2.02. The van der Waals surface area contributed by atoms with Gasteiger partial charge in [0.15, 0.2) is 17.5 Å². The molecule has 0 aliphatic carbocycles. The lowest BCUT2D eigenvalue weighted by atomic mass is 10.2. The van der Waals surface area contributed by atoms with Crippen molar-refractivity contribution in [3.63, 3.8) is 0 Å². The van der Waals surface area contributed by atoms with Gasteiger partial charge in [0.25, 0.3) is 0 Å². The Hall–Kier alpha value is -2.76. The molecule has 0 saturated carbocycles. The Labute approximate surface area is 149 Å². The van der Waals surface area contributed by atoms with Gasteiger partial charge in [-0.1, -0.05) is 12.1 Å². The summed E-state index contributed by atoms with van der Waals surface area (Å²) in [6, 6.07) is 11.7. The van der Waals surface area contributed by atoms with Crippen LogP contribution in [0.15, 0.2) is 47.6 Å². The van der Waals surface area contributed by atoms with Gasteiger partial charge in [0.1, 0.15) is 0 Å². The van der Waals surface area contributed by atoms with E-state index in [-0.39, 0.29) is 0 Å². The minimum atomic E-state index is 0.543. The summed E-state index contributed by atoms with van der Waals surface area (Å²) in [5, 5.41) is 6.53. The van der Waals surface area contributed by atoms with Crippen LogP contribution in [0.1, 0.15) is 25.1 Å². The van der Waals surface area contributed by atoms with Gasteiger partial charge in [0, 0.05) is 12.7 Å². The highest BCUT2D eigenvalue weighted by Crippen LogP contribution is 2.28. The number of aliphatic imine (C=N–C) groups is 1. The largest absolute Gasteiger partial charge is 0.493 e. The van der Waals surface area contributed by atoms with Crippen LogP contribution in [0.4, 0.5) is 0 Å². The molecule has 134 valence electrons. The van der Waals surface area contributed by atoms with Crippen LogP contribution in [0.2, 0.25) is 0 Å². The number of aromatic nitrogens is 1. The van der Waals surface area contributed by atoms with Crippen molar-refractivity contribution in [3.05, 3.63) is 53.9 Å². The maximum atomic E-state index is 5.62. The number of benzene rings is 1. The molecule has 0 fully saturated rings. The van der Waals surface area contributed by atoms with E-state index in [1.807, 2.05) is 50.2 Å². The van der Waals surface area contributed by atoms with E-state index in [0.717, 1.165) is 35.3 Å². The standard InChI is InChI=1S/C19H26N4O2/c1-4-20-19(23-14-16-8-6-7-11-21-16)22-13-15-9-10-17(24-3)18(12-15)25-5-2/h6-12H,4-5,13-14H2,1-3H3,(H2,20,22,23). The zero-order valence-electron chi connectivity index (χ0n) is 15.1. The van der Waals surface area contributed by atoms with Crippen LogP contribution in [0, 0.1) is 0 Å². The van der Waals surface area contributed by atoms with E-state index in [4.69, 9.17) is 9.47 Å². The fourth-order valence-corrected chi connectivity index (χ4v) is 2.28. The minimum Gasteiger partial charge on any atom is -0.493 e.